The van der Waals surface area contributed by atoms with Gasteiger partial charge in [0.05, 0.1) is 0 Å². The first kappa shape index (κ1) is 24.6. The summed E-state index contributed by atoms with van der Waals surface area (Å²) >= 11 is 0. The highest BCUT2D eigenvalue weighted by Crippen LogP contribution is 2.14. The monoisotopic (exact) mass is 427 g/mol. The van der Waals surface area contributed by atoms with E-state index in [1.165, 1.54) is 0 Å². The van der Waals surface area contributed by atoms with Gasteiger partial charge < -0.3 is 15.5 Å². The Morgan fingerprint density at radius 2 is 1.90 bits per heavy atom. The van der Waals surface area contributed by atoms with Gasteiger partial charge in [-0.2, -0.15) is 0 Å². The second-order valence-electron chi connectivity index (χ2n) is 8.30. The molecule has 2 atom stereocenters. The number of rotatable bonds is 13. The van der Waals surface area contributed by atoms with Crippen molar-refractivity contribution in [1.29, 1.82) is 0 Å². The maximum absolute atomic E-state index is 13.1. The molecule has 0 aliphatic carbocycles. The quantitative estimate of drug-likeness (QED) is 0.374. The van der Waals surface area contributed by atoms with Crippen molar-refractivity contribution in [2.75, 3.05) is 13.6 Å². The summed E-state index contributed by atoms with van der Waals surface area (Å²) in [6.45, 7) is 4.38. The zero-order chi connectivity index (χ0) is 22.5. The number of piperidine rings is 1. The maximum Gasteiger partial charge on any atom is 0.243 e. The number of nitrogens with zero attached hydrogens (tertiary/aromatic N) is 1. The van der Waals surface area contributed by atoms with Crippen molar-refractivity contribution in [3.8, 4) is 0 Å². The van der Waals surface area contributed by atoms with Crippen molar-refractivity contribution in [2.24, 2.45) is 0 Å². The highest BCUT2D eigenvalue weighted by atomic mass is 16.2. The predicted molar refractivity (Wildman–Crippen MR) is 123 cm³/mol. The van der Waals surface area contributed by atoms with Crippen LogP contribution in [0.3, 0.4) is 0 Å². The van der Waals surface area contributed by atoms with E-state index in [1.807, 2.05) is 36.4 Å². The smallest absolute Gasteiger partial charge is 0.243 e. The Bertz CT molecular complexity index is 720. The fourth-order valence-electron chi connectivity index (χ4n) is 3.87. The van der Waals surface area contributed by atoms with Crippen molar-refractivity contribution in [3.05, 3.63) is 48.6 Å². The van der Waals surface area contributed by atoms with Crippen LogP contribution in [0.5, 0.6) is 0 Å². The Morgan fingerprint density at radius 1 is 1.19 bits per heavy atom. The third-order valence-corrected chi connectivity index (χ3v) is 5.84. The van der Waals surface area contributed by atoms with E-state index in [0.29, 0.717) is 25.8 Å². The van der Waals surface area contributed by atoms with Gasteiger partial charge in [-0.25, -0.2) is 0 Å². The molecule has 2 N–H and O–H groups in total. The van der Waals surface area contributed by atoms with Gasteiger partial charge in [0.15, 0.2) is 0 Å². The Labute approximate surface area is 186 Å². The molecule has 6 nitrogen and oxygen atoms in total. The SMILES string of the molecule is C=CCCCCCCCC(=O)N(C)[C@H](Cc1ccccc1)C(=O)N[C@@H]1CCCNC1=O. The van der Waals surface area contributed by atoms with E-state index in [0.717, 1.165) is 50.5 Å². The van der Waals surface area contributed by atoms with Crippen molar-refractivity contribution in [1.82, 2.24) is 15.5 Å². The van der Waals surface area contributed by atoms with Crippen LogP contribution in [-0.2, 0) is 20.8 Å². The molecular formula is C25H37N3O3. The van der Waals surface area contributed by atoms with E-state index in [1.54, 1.807) is 11.9 Å². The summed E-state index contributed by atoms with van der Waals surface area (Å²) in [5.41, 5.74) is 0.984. The predicted octanol–water partition coefficient (Wildman–Crippen LogP) is 3.37. The second kappa shape index (κ2) is 13.6. The number of nitrogens with one attached hydrogen (secondary N) is 2. The number of allylic oxidation sites excluding steroid dienone is 1. The maximum atomic E-state index is 13.1. The van der Waals surface area contributed by atoms with Crippen LogP contribution in [0.4, 0.5) is 0 Å². The highest BCUT2D eigenvalue weighted by Gasteiger charge is 2.31. The van der Waals surface area contributed by atoms with Crippen LogP contribution < -0.4 is 10.6 Å². The molecule has 2 rings (SSSR count). The fraction of sp³-hybridized carbons (Fsp3) is 0.560. The molecule has 0 spiro atoms. The topological polar surface area (TPSA) is 78.5 Å². The van der Waals surface area contributed by atoms with Gasteiger partial charge >= 0.3 is 0 Å². The average molecular weight is 428 g/mol. The van der Waals surface area contributed by atoms with Gasteiger partial charge in [-0.05, 0) is 37.7 Å². The van der Waals surface area contributed by atoms with Crippen molar-refractivity contribution < 1.29 is 14.4 Å². The van der Waals surface area contributed by atoms with Crippen LogP contribution in [0.2, 0.25) is 0 Å². The van der Waals surface area contributed by atoms with Gasteiger partial charge in [0.25, 0.3) is 0 Å². The molecule has 0 bridgehead atoms. The van der Waals surface area contributed by atoms with Crippen LogP contribution >= 0.6 is 0 Å². The second-order valence-corrected chi connectivity index (χ2v) is 8.30. The summed E-state index contributed by atoms with van der Waals surface area (Å²) in [5, 5.41) is 5.66. The molecule has 0 aromatic heterocycles. The first-order valence-corrected chi connectivity index (χ1v) is 11.5. The molecule has 3 amide bonds. The minimum Gasteiger partial charge on any atom is -0.354 e. The summed E-state index contributed by atoms with van der Waals surface area (Å²) in [6, 6.07) is 8.51. The van der Waals surface area contributed by atoms with Gasteiger partial charge in [0, 0.05) is 26.4 Å². The van der Waals surface area contributed by atoms with Gasteiger partial charge in [0.2, 0.25) is 17.7 Å². The standard InChI is InChI=1S/C25H37N3O3/c1-3-4-5-6-7-8-12-17-23(29)28(2)22(19-20-14-10-9-11-15-20)25(31)27-21-16-13-18-26-24(21)30/h3,9-11,14-15,21-22H,1,4-8,12-13,16-19H2,2H3,(H,26,30)(H,27,31)/t21-,22-/m1/s1. The normalized spacial score (nSPS) is 16.8. The molecule has 1 aliphatic heterocycles. The van der Waals surface area contributed by atoms with E-state index in [4.69, 9.17) is 0 Å². The largest absolute Gasteiger partial charge is 0.354 e. The Balaban J connectivity index is 1.94. The molecule has 0 saturated carbocycles. The summed E-state index contributed by atoms with van der Waals surface area (Å²) in [6.07, 6.45) is 10.5. The molecule has 6 heteroatoms. The number of likely N-dealkylation sites (N-methyl/N-ethyl adjacent to an activating group) is 1. The molecule has 0 unspecified atom stereocenters. The van der Waals surface area contributed by atoms with Gasteiger partial charge in [-0.3, -0.25) is 14.4 Å². The van der Waals surface area contributed by atoms with Crippen molar-refractivity contribution >= 4 is 17.7 Å². The number of carbonyl (C=O) groups excluding carboxylic acids is 3. The molecule has 1 aliphatic rings. The lowest BCUT2D eigenvalue weighted by Gasteiger charge is -2.30. The highest BCUT2D eigenvalue weighted by molar-refractivity contribution is 5.92. The molecule has 1 aromatic rings. The number of unbranched alkanes of at least 4 members (excludes halogenated alkanes) is 5. The number of hydrogen-bond acceptors (Lipinski definition) is 3. The van der Waals surface area contributed by atoms with Crippen LogP contribution in [0.25, 0.3) is 0 Å². The Kier molecular flexibility index (Phi) is 10.8. The molecule has 1 saturated heterocycles. The van der Waals surface area contributed by atoms with Crippen LogP contribution in [0.15, 0.2) is 43.0 Å². The zero-order valence-electron chi connectivity index (χ0n) is 18.8. The van der Waals surface area contributed by atoms with Crippen LogP contribution in [0.1, 0.15) is 63.4 Å². The lowest BCUT2D eigenvalue weighted by Crippen LogP contribution is -2.56. The molecule has 1 fully saturated rings. The van der Waals surface area contributed by atoms with E-state index in [-0.39, 0.29) is 17.7 Å². The number of amides is 3. The first-order valence-electron chi connectivity index (χ1n) is 11.5. The minimum atomic E-state index is -0.641. The van der Waals surface area contributed by atoms with E-state index in [9.17, 15) is 14.4 Å². The minimum absolute atomic E-state index is 0.0322. The Morgan fingerprint density at radius 3 is 2.61 bits per heavy atom. The third kappa shape index (κ3) is 8.56. The summed E-state index contributed by atoms with van der Waals surface area (Å²) < 4.78 is 0. The van der Waals surface area contributed by atoms with Gasteiger partial charge in [0.1, 0.15) is 12.1 Å². The number of carbonyl (C=O) groups is 3. The van der Waals surface area contributed by atoms with E-state index >= 15 is 0 Å². The van der Waals surface area contributed by atoms with E-state index < -0.39 is 12.1 Å². The lowest BCUT2D eigenvalue weighted by atomic mass is 10.0. The van der Waals surface area contributed by atoms with Crippen LogP contribution in [0, 0.1) is 0 Å². The first-order chi connectivity index (χ1) is 15.0. The molecule has 1 aromatic carbocycles. The zero-order valence-corrected chi connectivity index (χ0v) is 18.8. The van der Waals surface area contributed by atoms with Gasteiger partial charge in [-0.1, -0.05) is 55.7 Å². The molecular weight excluding hydrogens is 390 g/mol. The number of benzene rings is 1. The Hall–Kier alpha value is -2.63. The average Bonchev–Trinajstić information content (AvgIpc) is 2.78. The summed E-state index contributed by atoms with van der Waals surface area (Å²) in [5.74, 6) is -0.454. The molecule has 0 radical (unpaired) electrons. The van der Waals surface area contributed by atoms with E-state index in [2.05, 4.69) is 17.2 Å². The van der Waals surface area contributed by atoms with Gasteiger partial charge in [-0.15, -0.1) is 6.58 Å². The molecule has 31 heavy (non-hydrogen) atoms. The lowest BCUT2D eigenvalue weighted by molar-refractivity contribution is -0.140. The molecule has 1 heterocycles. The number of hydrogen-bond donors (Lipinski definition) is 2. The summed E-state index contributed by atoms with van der Waals surface area (Å²) in [4.78, 5) is 39.5. The fourth-order valence-corrected chi connectivity index (χ4v) is 3.87. The summed E-state index contributed by atoms with van der Waals surface area (Å²) in [7, 11) is 1.69. The molecule has 170 valence electrons. The van der Waals surface area contributed by atoms with Crippen LogP contribution in [-0.4, -0.2) is 48.3 Å². The van der Waals surface area contributed by atoms with Crippen molar-refractivity contribution in [2.45, 2.75) is 76.3 Å². The third-order valence-electron chi connectivity index (χ3n) is 5.84. The van der Waals surface area contributed by atoms with Crippen molar-refractivity contribution in [3.63, 3.8) is 0 Å².